The molecule has 0 saturated carbocycles. The minimum atomic E-state index is -0.308. The van der Waals surface area contributed by atoms with Gasteiger partial charge in [0.25, 0.3) is 5.91 Å². The highest BCUT2D eigenvalue weighted by atomic mass is 32.1. The van der Waals surface area contributed by atoms with E-state index in [0.29, 0.717) is 31.7 Å². The summed E-state index contributed by atoms with van der Waals surface area (Å²) in [6.45, 7) is 4.23. The van der Waals surface area contributed by atoms with Gasteiger partial charge in [0, 0.05) is 48.2 Å². The van der Waals surface area contributed by atoms with Crippen LogP contribution in [0.5, 0.6) is 0 Å². The highest BCUT2D eigenvalue weighted by Crippen LogP contribution is 2.24. The summed E-state index contributed by atoms with van der Waals surface area (Å²) in [6, 6.07) is 6.42. The summed E-state index contributed by atoms with van der Waals surface area (Å²) < 4.78 is 13.7. The second-order valence-electron chi connectivity index (χ2n) is 7.13. The van der Waals surface area contributed by atoms with E-state index in [2.05, 4.69) is 4.98 Å². The number of nitrogens with zero attached hydrogens (tertiary/aromatic N) is 2. The van der Waals surface area contributed by atoms with E-state index in [1.165, 1.54) is 23.5 Å². The quantitative estimate of drug-likeness (QED) is 0.732. The van der Waals surface area contributed by atoms with Crippen LogP contribution in [0.1, 0.15) is 28.0 Å². The molecule has 3 aromatic rings. The van der Waals surface area contributed by atoms with Crippen molar-refractivity contribution < 1.29 is 14.0 Å². The molecule has 146 valence electrons. The Bertz CT molecular complexity index is 1010. The predicted octanol–water partition coefficient (Wildman–Crippen LogP) is 3.59. The second kappa shape index (κ2) is 7.75. The molecule has 3 heterocycles. The number of carbonyl (C=O) groups is 2. The second-order valence-corrected chi connectivity index (χ2v) is 7.91. The monoisotopic (exact) mass is 399 g/mol. The van der Waals surface area contributed by atoms with Gasteiger partial charge in [0.15, 0.2) is 0 Å². The lowest BCUT2D eigenvalue weighted by atomic mass is 10.1. The molecule has 1 aromatic carbocycles. The standard InChI is InChI=1S/C21H22FN3O2S/c1-14-17(18-11-16(22)3-4-19(18)23-14)12-20(26)24-6-2-7-25(9-8-24)21(27)15-5-10-28-13-15/h3-5,10-11,13,23H,2,6-9,12H2,1H3. The van der Waals surface area contributed by atoms with Gasteiger partial charge in [0.2, 0.25) is 5.91 Å². The molecule has 1 fully saturated rings. The van der Waals surface area contributed by atoms with Crippen molar-refractivity contribution in [2.75, 3.05) is 26.2 Å². The van der Waals surface area contributed by atoms with Gasteiger partial charge in [-0.3, -0.25) is 9.59 Å². The van der Waals surface area contributed by atoms with Crippen LogP contribution in [0.25, 0.3) is 10.9 Å². The van der Waals surface area contributed by atoms with Crippen LogP contribution in [-0.4, -0.2) is 52.8 Å². The average molecular weight is 399 g/mol. The fourth-order valence-corrected chi connectivity index (χ4v) is 4.41. The number of carbonyl (C=O) groups excluding carboxylic acids is 2. The first-order chi connectivity index (χ1) is 13.5. The molecule has 0 aliphatic carbocycles. The van der Waals surface area contributed by atoms with Gasteiger partial charge in [-0.15, -0.1) is 0 Å². The number of nitrogens with one attached hydrogen (secondary N) is 1. The number of aryl methyl sites for hydroxylation is 1. The van der Waals surface area contributed by atoms with Gasteiger partial charge in [0.05, 0.1) is 12.0 Å². The van der Waals surface area contributed by atoms with Crippen molar-refractivity contribution in [1.29, 1.82) is 0 Å². The molecule has 7 heteroatoms. The highest BCUT2D eigenvalue weighted by molar-refractivity contribution is 7.08. The Morgan fingerprint density at radius 2 is 1.93 bits per heavy atom. The van der Waals surface area contributed by atoms with Gasteiger partial charge in [-0.25, -0.2) is 4.39 Å². The van der Waals surface area contributed by atoms with Crippen LogP contribution in [-0.2, 0) is 11.2 Å². The summed E-state index contributed by atoms with van der Waals surface area (Å²) in [5, 5.41) is 4.51. The normalized spacial score (nSPS) is 15.1. The van der Waals surface area contributed by atoms with Gasteiger partial charge in [-0.2, -0.15) is 11.3 Å². The zero-order valence-electron chi connectivity index (χ0n) is 15.7. The van der Waals surface area contributed by atoms with E-state index in [0.717, 1.165) is 28.6 Å². The summed E-state index contributed by atoms with van der Waals surface area (Å²) in [6.07, 6.45) is 0.983. The summed E-state index contributed by atoms with van der Waals surface area (Å²) in [4.78, 5) is 32.3. The Morgan fingerprint density at radius 3 is 2.71 bits per heavy atom. The van der Waals surface area contributed by atoms with E-state index in [1.807, 2.05) is 33.6 Å². The molecule has 2 aromatic heterocycles. The van der Waals surface area contributed by atoms with Crippen LogP contribution in [0.4, 0.5) is 4.39 Å². The first kappa shape index (κ1) is 18.7. The lowest BCUT2D eigenvalue weighted by Crippen LogP contribution is -2.37. The van der Waals surface area contributed by atoms with Crippen LogP contribution < -0.4 is 0 Å². The number of halogens is 1. The Kier molecular flexibility index (Phi) is 5.17. The van der Waals surface area contributed by atoms with Crippen molar-refractivity contribution in [3.05, 3.63) is 57.7 Å². The van der Waals surface area contributed by atoms with Crippen LogP contribution in [0.2, 0.25) is 0 Å². The maximum atomic E-state index is 13.7. The topological polar surface area (TPSA) is 56.4 Å². The molecule has 5 nitrogen and oxygen atoms in total. The minimum Gasteiger partial charge on any atom is -0.358 e. The number of aromatic nitrogens is 1. The Labute approximate surface area is 166 Å². The number of thiophene rings is 1. The molecule has 0 bridgehead atoms. The molecule has 1 saturated heterocycles. The van der Waals surface area contributed by atoms with Crippen LogP contribution in [0.15, 0.2) is 35.0 Å². The maximum absolute atomic E-state index is 13.7. The van der Waals surface area contributed by atoms with Crippen LogP contribution >= 0.6 is 11.3 Å². The van der Waals surface area contributed by atoms with E-state index in [4.69, 9.17) is 0 Å². The number of rotatable bonds is 3. The molecule has 1 aliphatic heterocycles. The number of H-pyrrole nitrogens is 1. The number of amides is 2. The predicted molar refractivity (Wildman–Crippen MR) is 108 cm³/mol. The van der Waals surface area contributed by atoms with Crippen LogP contribution in [0, 0.1) is 12.7 Å². The lowest BCUT2D eigenvalue weighted by Gasteiger charge is -2.22. The first-order valence-corrected chi connectivity index (χ1v) is 10.3. The molecule has 0 spiro atoms. The smallest absolute Gasteiger partial charge is 0.254 e. The minimum absolute atomic E-state index is 0.0121. The zero-order chi connectivity index (χ0) is 19.7. The SMILES string of the molecule is Cc1[nH]c2ccc(F)cc2c1CC(=O)N1CCCN(C(=O)c2ccsc2)CC1. The van der Waals surface area contributed by atoms with Gasteiger partial charge in [0.1, 0.15) is 5.82 Å². The maximum Gasteiger partial charge on any atom is 0.254 e. The van der Waals surface area contributed by atoms with Crippen molar-refractivity contribution in [2.24, 2.45) is 0 Å². The Morgan fingerprint density at radius 1 is 1.14 bits per heavy atom. The van der Waals surface area contributed by atoms with Gasteiger partial charge in [-0.05, 0) is 48.6 Å². The van der Waals surface area contributed by atoms with Crippen molar-refractivity contribution in [3.63, 3.8) is 0 Å². The summed E-state index contributed by atoms with van der Waals surface area (Å²) in [7, 11) is 0. The number of hydrogen-bond acceptors (Lipinski definition) is 3. The van der Waals surface area contributed by atoms with Gasteiger partial charge >= 0.3 is 0 Å². The molecule has 1 N–H and O–H groups in total. The summed E-state index contributed by atoms with van der Waals surface area (Å²) in [5.74, 6) is -0.269. The van der Waals surface area contributed by atoms with E-state index >= 15 is 0 Å². The number of hydrogen-bond donors (Lipinski definition) is 1. The van der Waals surface area contributed by atoms with Crippen molar-refractivity contribution in [1.82, 2.24) is 14.8 Å². The molecule has 1 aliphatic rings. The largest absolute Gasteiger partial charge is 0.358 e. The summed E-state index contributed by atoms with van der Waals surface area (Å²) in [5.41, 5.74) is 3.28. The fraction of sp³-hybridized carbons (Fsp3) is 0.333. The van der Waals surface area contributed by atoms with Crippen LogP contribution in [0.3, 0.4) is 0 Å². The molecule has 0 unspecified atom stereocenters. The average Bonchev–Trinajstić information content (AvgIpc) is 3.23. The Hall–Kier alpha value is -2.67. The molecule has 0 radical (unpaired) electrons. The summed E-state index contributed by atoms with van der Waals surface area (Å²) >= 11 is 1.51. The third-order valence-corrected chi connectivity index (χ3v) is 6.00. The highest BCUT2D eigenvalue weighted by Gasteiger charge is 2.24. The van der Waals surface area contributed by atoms with Crippen molar-refractivity contribution >= 4 is 34.1 Å². The third-order valence-electron chi connectivity index (χ3n) is 5.31. The fourth-order valence-electron chi connectivity index (χ4n) is 3.78. The first-order valence-electron chi connectivity index (χ1n) is 9.39. The van der Waals surface area contributed by atoms with E-state index in [1.54, 1.807) is 6.07 Å². The number of aromatic amines is 1. The van der Waals surface area contributed by atoms with E-state index in [9.17, 15) is 14.0 Å². The molecular weight excluding hydrogens is 377 g/mol. The molecule has 4 rings (SSSR count). The molecular formula is C21H22FN3O2S. The third kappa shape index (κ3) is 3.67. The number of fused-ring (bicyclic) bond motifs is 1. The zero-order valence-corrected chi connectivity index (χ0v) is 16.5. The van der Waals surface area contributed by atoms with E-state index < -0.39 is 0 Å². The molecule has 2 amide bonds. The molecule has 28 heavy (non-hydrogen) atoms. The molecule has 0 atom stereocenters. The van der Waals surface area contributed by atoms with Gasteiger partial charge < -0.3 is 14.8 Å². The lowest BCUT2D eigenvalue weighted by molar-refractivity contribution is -0.130. The Balaban J connectivity index is 1.45. The van der Waals surface area contributed by atoms with E-state index in [-0.39, 0.29) is 24.1 Å². The van der Waals surface area contributed by atoms with Crippen molar-refractivity contribution in [2.45, 2.75) is 19.8 Å². The van der Waals surface area contributed by atoms with Crippen molar-refractivity contribution in [3.8, 4) is 0 Å². The van der Waals surface area contributed by atoms with Gasteiger partial charge in [-0.1, -0.05) is 0 Å². The number of benzene rings is 1.